The molecule has 6 heteroatoms. The third-order valence-electron chi connectivity index (χ3n) is 4.50. The molecule has 0 amide bonds. The van der Waals surface area contributed by atoms with Gasteiger partial charge in [0, 0.05) is 24.2 Å². The van der Waals surface area contributed by atoms with Crippen molar-refractivity contribution in [2.75, 3.05) is 6.54 Å². The van der Waals surface area contributed by atoms with Gasteiger partial charge in [0.1, 0.15) is 0 Å². The standard InChI is InChI=1S/C15H15F3N2O/c16-15(17,18)10-3-1-2-9-11(10)14(21)20-7-6-19-12(13(9)20)8-4-5-8/h1-3,8,12,19,21H,4-7H2/t12-/m0/s1. The highest BCUT2D eigenvalue weighted by Gasteiger charge is 2.40. The van der Waals surface area contributed by atoms with Crippen molar-refractivity contribution in [1.82, 2.24) is 9.88 Å². The van der Waals surface area contributed by atoms with Crippen LogP contribution in [0.4, 0.5) is 13.2 Å². The van der Waals surface area contributed by atoms with Gasteiger partial charge in [-0.3, -0.25) is 0 Å². The summed E-state index contributed by atoms with van der Waals surface area (Å²) in [4.78, 5) is 0. The second-order valence-corrected chi connectivity index (χ2v) is 5.86. The fourth-order valence-electron chi connectivity index (χ4n) is 3.45. The molecule has 1 aromatic heterocycles. The first kappa shape index (κ1) is 13.0. The van der Waals surface area contributed by atoms with Gasteiger partial charge in [-0.15, -0.1) is 0 Å². The summed E-state index contributed by atoms with van der Waals surface area (Å²) in [5, 5.41) is 14.2. The number of aromatic nitrogens is 1. The molecule has 0 bridgehead atoms. The lowest BCUT2D eigenvalue weighted by atomic mass is 10.0. The van der Waals surface area contributed by atoms with Gasteiger partial charge < -0.3 is 15.0 Å². The molecule has 2 aliphatic rings. The maximum Gasteiger partial charge on any atom is 0.417 e. The Morgan fingerprint density at radius 3 is 2.67 bits per heavy atom. The molecule has 0 spiro atoms. The molecule has 2 N–H and O–H groups in total. The largest absolute Gasteiger partial charge is 0.494 e. The van der Waals surface area contributed by atoms with E-state index in [-0.39, 0.29) is 17.3 Å². The molecule has 0 unspecified atom stereocenters. The van der Waals surface area contributed by atoms with E-state index in [1.54, 1.807) is 10.6 Å². The average Bonchev–Trinajstić information content (AvgIpc) is 3.24. The van der Waals surface area contributed by atoms with Crippen molar-refractivity contribution < 1.29 is 18.3 Å². The first-order valence-electron chi connectivity index (χ1n) is 7.13. The van der Waals surface area contributed by atoms with Crippen molar-refractivity contribution in [2.24, 2.45) is 5.92 Å². The van der Waals surface area contributed by atoms with Crippen LogP contribution in [0.3, 0.4) is 0 Å². The molecule has 1 aliphatic carbocycles. The molecule has 0 radical (unpaired) electrons. The Hall–Kier alpha value is -1.69. The summed E-state index contributed by atoms with van der Waals surface area (Å²) in [7, 11) is 0. The molecule has 2 heterocycles. The molecule has 4 rings (SSSR count). The molecular weight excluding hydrogens is 281 g/mol. The van der Waals surface area contributed by atoms with Gasteiger partial charge in [0.2, 0.25) is 0 Å². The predicted octanol–water partition coefficient (Wildman–Crippen LogP) is 3.42. The number of fused-ring (bicyclic) bond motifs is 3. The van der Waals surface area contributed by atoms with Gasteiger partial charge in [0.05, 0.1) is 17.0 Å². The quantitative estimate of drug-likeness (QED) is 0.846. The summed E-state index contributed by atoms with van der Waals surface area (Å²) in [5.74, 6) is 0.219. The number of hydrogen-bond acceptors (Lipinski definition) is 2. The molecule has 1 fully saturated rings. The van der Waals surface area contributed by atoms with Crippen LogP contribution in [0.15, 0.2) is 18.2 Å². The zero-order valence-electron chi connectivity index (χ0n) is 11.2. The number of nitrogens with one attached hydrogen (secondary N) is 1. The van der Waals surface area contributed by atoms with E-state index in [1.807, 2.05) is 0 Å². The Balaban J connectivity index is 2.03. The maximum atomic E-state index is 13.2. The highest BCUT2D eigenvalue weighted by atomic mass is 19.4. The number of halogens is 3. The summed E-state index contributed by atoms with van der Waals surface area (Å²) in [6.07, 6.45) is -2.29. The first-order chi connectivity index (χ1) is 9.98. The maximum absolute atomic E-state index is 13.2. The number of benzene rings is 1. The monoisotopic (exact) mass is 296 g/mol. The Labute approximate surface area is 119 Å². The van der Waals surface area contributed by atoms with Gasteiger partial charge in [0.15, 0.2) is 5.88 Å². The normalized spacial score (nSPS) is 22.5. The highest BCUT2D eigenvalue weighted by molar-refractivity contribution is 5.94. The zero-order valence-corrected chi connectivity index (χ0v) is 11.2. The Bertz CT molecular complexity index is 716. The lowest BCUT2D eigenvalue weighted by Crippen LogP contribution is -2.34. The molecule has 112 valence electrons. The van der Waals surface area contributed by atoms with Crippen LogP contribution < -0.4 is 5.32 Å². The molecule has 1 aromatic carbocycles. The molecule has 21 heavy (non-hydrogen) atoms. The van der Waals surface area contributed by atoms with Gasteiger partial charge in [-0.1, -0.05) is 12.1 Å². The lowest BCUT2D eigenvalue weighted by Gasteiger charge is -2.27. The first-order valence-corrected chi connectivity index (χ1v) is 7.13. The van der Waals surface area contributed by atoms with Gasteiger partial charge in [-0.2, -0.15) is 13.2 Å². The van der Waals surface area contributed by atoms with Crippen LogP contribution in [-0.2, 0) is 12.7 Å². The number of alkyl halides is 3. The molecule has 2 aromatic rings. The van der Waals surface area contributed by atoms with E-state index in [1.165, 1.54) is 6.07 Å². The van der Waals surface area contributed by atoms with Crippen LogP contribution in [0.2, 0.25) is 0 Å². The van der Waals surface area contributed by atoms with Crippen molar-refractivity contribution in [3.63, 3.8) is 0 Å². The van der Waals surface area contributed by atoms with Crippen LogP contribution in [0.5, 0.6) is 5.88 Å². The van der Waals surface area contributed by atoms with Crippen LogP contribution in [0.25, 0.3) is 10.8 Å². The third kappa shape index (κ3) is 1.85. The van der Waals surface area contributed by atoms with E-state index in [0.717, 1.165) is 24.6 Å². The van der Waals surface area contributed by atoms with E-state index in [2.05, 4.69) is 5.32 Å². The second kappa shape index (κ2) is 4.16. The SMILES string of the molecule is Oc1c2c(C(F)(F)F)cccc2c2n1CCN[C@H]2C1CC1. The number of hydrogen-bond donors (Lipinski definition) is 2. The second-order valence-electron chi connectivity index (χ2n) is 5.86. The molecule has 1 saturated carbocycles. The minimum Gasteiger partial charge on any atom is -0.494 e. The molecular formula is C15H15F3N2O. The van der Waals surface area contributed by atoms with Crippen LogP contribution in [0, 0.1) is 5.92 Å². The molecule has 0 saturated heterocycles. The fraction of sp³-hybridized carbons (Fsp3) is 0.467. The van der Waals surface area contributed by atoms with Crippen molar-refractivity contribution >= 4 is 10.8 Å². The topological polar surface area (TPSA) is 37.2 Å². The van der Waals surface area contributed by atoms with Crippen molar-refractivity contribution in [1.29, 1.82) is 0 Å². The van der Waals surface area contributed by atoms with Gasteiger partial charge >= 0.3 is 6.18 Å². The van der Waals surface area contributed by atoms with Crippen LogP contribution in [-0.4, -0.2) is 16.2 Å². The predicted molar refractivity (Wildman–Crippen MR) is 72.1 cm³/mol. The van der Waals surface area contributed by atoms with Crippen molar-refractivity contribution in [3.8, 4) is 5.88 Å². The third-order valence-corrected chi connectivity index (χ3v) is 4.50. The van der Waals surface area contributed by atoms with E-state index >= 15 is 0 Å². The summed E-state index contributed by atoms with van der Waals surface area (Å²) < 4.78 is 41.2. The van der Waals surface area contributed by atoms with Gasteiger partial charge in [-0.25, -0.2) is 0 Å². The van der Waals surface area contributed by atoms with Crippen molar-refractivity contribution in [3.05, 3.63) is 29.5 Å². The Morgan fingerprint density at radius 2 is 2.00 bits per heavy atom. The average molecular weight is 296 g/mol. The highest BCUT2D eigenvalue weighted by Crippen LogP contribution is 2.49. The number of rotatable bonds is 1. The minimum atomic E-state index is -4.46. The van der Waals surface area contributed by atoms with E-state index in [4.69, 9.17) is 0 Å². The summed E-state index contributed by atoms with van der Waals surface area (Å²) in [6.45, 7) is 1.17. The Morgan fingerprint density at radius 1 is 1.24 bits per heavy atom. The van der Waals surface area contributed by atoms with E-state index in [9.17, 15) is 18.3 Å². The lowest BCUT2D eigenvalue weighted by molar-refractivity contribution is -0.136. The number of nitrogens with zero attached hydrogens (tertiary/aromatic N) is 1. The minimum absolute atomic E-state index is 0.0469. The van der Waals surface area contributed by atoms with Gasteiger partial charge in [0.25, 0.3) is 0 Å². The summed E-state index contributed by atoms with van der Waals surface area (Å²) in [6, 6.07) is 4.18. The Kier molecular flexibility index (Phi) is 2.58. The fourth-order valence-corrected chi connectivity index (χ4v) is 3.45. The zero-order chi connectivity index (χ0) is 14.8. The smallest absolute Gasteiger partial charge is 0.417 e. The van der Waals surface area contributed by atoms with Crippen molar-refractivity contribution in [2.45, 2.75) is 31.6 Å². The molecule has 1 atom stereocenters. The van der Waals surface area contributed by atoms with Gasteiger partial charge in [-0.05, 0) is 24.8 Å². The molecule has 1 aliphatic heterocycles. The van der Waals surface area contributed by atoms with E-state index in [0.29, 0.717) is 24.4 Å². The summed E-state index contributed by atoms with van der Waals surface area (Å²) in [5.41, 5.74) is 0.0521. The van der Waals surface area contributed by atoms with Crippen LogP contribution >= 0.6 is 0 Å². The van der Waals surface area contributed by atoms with E-state index < -0.39 is 11.7 Å². The molecule has 3 nitrogen and oxygen atoms in total. The number of aromatic hydroxyl groups is 1. The van der Waals surface area contributed by atoms with Crippen LogP contribution in [0.1, 0.15) is 30.1 Å². The summed E-state index contributed by atoms with van der Waals surface area (Å²) >= 11 is 0.